The number of alkyl halides is 3. The van der Waals surface area contributed by atoms with Gasteiger partial charge in [-0.15, -0.1) is 0 Å². The van der Waals surface area contributed by atoms with Crippen LogP contribution in [-0.4, -0.2) is 15.7 Å². The summed E-state index contributed by atoms with van der Waals surface area (Å²) in [5.41, 5.74) is -2.97. The fourth-order valence-corrected chi connectivity index (χ4v) is 2.03. The maximum absolute atomic E-state index is 13.2. The van der Waals surface area contributed by atoms with Crippen LogP contribution in [0.1, 0.15) is 0 Å². The third-order valence-corrected chi connectivity index (χ3v) is 2.87. The molecule has 0 fully saturated rings. The summed E-state index contributed by atoms with van der Waals surface area (Å²) in [4.78, 5) is 25.4. The third-order valence-electron chi connectivity index (χ3n) is 2.59. The fraction of sp³-hybridized carbons (Fsp3) is 0.167. The number of aromatic nitrogens is 2. The Kier molecular flexibility index (Phi) is 3.91. The van der Waals surface area contributed by atoms with Crippen LogP contribution < -0.4 is 11.2 Å². The summed E-state index contributed by atoms with van der Waals surface area (Å²) >= 11 is 5.69. The number of benzene rings is 1. The minimum Gasteiger partial charge on any atom is -0.297 e. The van der Waals surface area contributed by atoms with Crippen molar-refractivity contribution in [1.29, 1.82) is 0 Å². The van der Waals surface area contributed by atoms with E-state index in [-0.39, 0.29) is 10.1 Å². The van der Waals surface area contributed by atoms with Crippen LogP contribution in [0.2, 0.25) is 5.15 Å². The van der Waals surface area contributed by atoms with Gasteiger partial charge in [0.1, 0.15) is 17.5 Å². The molecule has 0 atom stereocenters. The van der Waals surface area contributed by atoms with Crippen molar-refractivity contribution < 1.29 is 17.6 Å². The van der Waals surface area contributed by atoms with Crippen LogP contribution in [0.3, 0.4) is 0 Å². The third kappa shape index (κ3) is 3.33. The highest BCUT2D eigenvalue weighted by atomic mass is 35.5. The van der Waals surface area contributed by atoms with Crippen LogP contribution in [0.25, 0.3) is 11.1 Å². The van der Waals surface area contributed by atoms with Crippen molar-refractivity contribution in [3.05, 3.63) is 56.1 Å². The van der Waals surface area contributed by atoms with E-state index in [0.717, 1.165) is 12.1 Å². The first-order chi connectivity index (χ1) is 9.69. The zero-order chi connectivity index (χ0) is 15.8. The Balaban J connectivity index is 2.71. The van der Waals surface area contributed by atoms with Crippen LogP contribution in [-0.2, 0) is 6.54 Å². The molecule has 1 aromatic carbocycles. The maximum Gasteiger partial charge on any atom is 0.406 e. The van der Waals surface area contributed by atoms with Crippen LogP contribution in [0.4, 0.5) is 17.6 Å². The molecule has 0 aliphatic rings. The van der Waals surface area contributed by atoms with E-state index in [0.29, 0.717) is 0 Å². The zero-order valence-electron chi connectivity index (χ0n) is 10.2. The number of hydrogen-bond donors (Lipinski definition) is 1. The van der Waals surface area contributed by atoms with E-state index < -0.39 is 40.5 Å². The molecule has 0 saturated carbocycles. The monoisotopic (exact) mass is 322 g/mol. The number of hydrogen-bond acceptors (Lipinski definition) is 2. The summed E-state index contributed by atoms with van der Waals surface area (Å²) in [6.07, 6.45) is -4.76. The van der Waals surface area contributed by atoms with Crippen molar-refractivity contribution in [3.63, 3.8) is 0 Å². The molecule has 4 nitrogen and oxygen atoms in total. The second kappa shape index (κ2) is 5.36. The Morgan fingerprint density at radius 3 is 2.48 bits per heavy atom. The van der Waals surface area contributed by atoms with Gasteiger partial charge in [-0.1, -0.05) is 23.7 Å². The predicted octanol–water partition coefficient (Wildman–Crippen LogP) is 2.56. The summed E-state index contributed by atoms with van der Waals surface area (Å²) in [7, 11) is 0. The number of H-pyrrole nitrogens is 1. The molecule has 0 aliphatic carbocycles. The van der Waals surface area contributed by atoms with Gasteiger partial charge in [0.25, 0.3) is 5.56 Å². The Bertz CT molecular complexity index is 795. The van der Waals surface area contributed by atoms with E-state index in [4.69, 9.17) is 11.6 Å². The minimum atomic E-state index is -4.76. The summed E-state index contributed by atoms with van der Waals surface area (Å²) in [5.74, 6) is -0.698. The molecule has 0 aliphatic heterocycles. The quantitative estimate of drug-likeness (QED) is 0.682. The molecule has 21 heavy (non-hydrogen) atoms. The summed E-state index contributed by atoms with van der Waals surface area (Å²) in [6.45, 7) is -1.76. The molecular formula is C12H7ClF4N2O2. The van der Waals surface area contributed by atoms with Crippen molar-refractivity contribution in [1.82, 2.24) is 9.55 Å². The average molecular weight is 323 g/mol. The Hall–Kier alpha value is -2.09. The number of nitrogens with one attached hydrogen (secondary N) is 1. The van der Waals surface area contributed by atoms with Gasteiger partial charge < -0.3 is 0 Å². The second-order valence-electron chi connectivity index (χ2n) is 4.14. The molecule has 0 unspecified atom stereocenters. The minimum absolute atomic E-state index is 0.0304. The first-order valence-electron chi connectivity index (χ1n) is 5.54. The van der Waals surface area contributed by atoms with Gasteiger partial charge in [0.15, 0.2) is 0 Å². The van der Waals surface area contributed by atoms with Crippen molar-refractivity contribution in [2.75, 3.05) is 0 Å². The first-order valence-corrected chi connectivity index (χ1v) is 5.92. The Morgan fingerprint density at radius 2 is 1.90 bits per heavy atom. The van der Waals surface area contributed by atoms with Gasteiger partial charge in [-0.05, 0) is 17.7 Å². The van der Waals surface area contributed by atoms with E-state index in [1.54, 1.807) is 0 Å². The highest BCUT2D eigenvalue weighted by Gasteiger charge is 2.30. The van der Waals surface area contributed by atoms with Gasteiger partial charge in [0.05, 0.1) is 5.56 Å². The van der Waals surface area contributed by atoms with Gasteiger partial charge in [-0.25, -0.2) is 9.18 Å². The molecular weight excluding hydrogens is 316 g/mol. The number of rotatable bonds is 2. The van der Waals surface area contributed by atoms with E-state index >= 15 is 0 Å². The fourth-order valence-electron chi connectivity index (χ4n) is 1.76. The molecule has 1 heterocycles. The van der Waals surface area contributed by atoms with Gasteiger partial charge >= 0.3 is 11.9 Å². The number of aromatic amines is 1. The molecule has 2 aromatic rings. The molecule has 0 bridgehead atoms. The van der Waals surface area contributed by atoms with Crippen molar-refractivity contribution >= 4 is 11.6 Å². The van der Waals surface area contributed by atoms with E-state index in [1.807, 2.05) is 4.98 Å². The van der Waals surface area contributed by atoms with Crippen molar-refractivity contribution in [3.8, 4) is 11.1 Å². The Labute approximate surface area is 119 Å². The van der Waals surface area contributed by atoms with Gasteiger partial charge in [0.2, 0.25) is 0 Å². The predicted molar refractivity (Wildman–Crippen MR) is 67.8 cm³/mol. The molecule has 9 heteroatoms. The smallest absolute Gasteiger partial charge is 0.297 e. The van der Waals surface area contributed by atoms with E-state index in [9.17, 15) is 27.2 Å². The SMILES string of the molecule is O=c1[nH]c(Cl)c(-c2cccc(F)c2)c(=O)n1CC(F)(F)F. The highest BCUT2D eigenvalue weighted by molar-refractivity contribution is 6.32. The van der Waals surface area contributed by atoms with Crippen LogP contribution in [0, 0.1) is 5.82 Å². The lowest BCUT2D eigenvalue weighted by molar-refractivity contribution is -0.141. The van der Waals surface area contributed by atoms with Crippen LogP contribution in [0.5, 0.6) is 0 Å². The standard InChI is InChI=1S/C12H7ClF4N2O2/c13-9-8(6-2-1-3-7(14)4-6)10(20)19(11(21)18-9)5-12(15,16)17/h1-4H,5H2,(H,18,21). The lowest BCUT2D eigenvalue weighted by Crippen LogP contribution is -2.40. The highest BCUT2D eigenvalue weighted by Crippen LogP contribution is 2.23. The number of halogens is 5. The second-order valence-corrected chi connectivity index (χ2v) is 4.51. The lowest BCUT2D eigenvalue weighted by Gasteiger charge is -2.11. The summed E-state index contributed by atoms with van der Waals surface area (Å²) < 4.78 is 50.3. The molecule has 2 rings (SSSR count). The van der Waals surface area contributed by atoms with Crippen molar-refractivity contribution in [2.24, 2.45) is 0 Å². The largest absolute Gasteiger partial charge is 0.406 e. The van der Waals surface area contributed by atoms with Crippen LogP contribution >= 0.6 is 11.6 Å². The Morgan fingerprint density at radius 1 is 1.24 bits per heavy atom. The van der Waals surface area contributed by atoms with Gasteiger partial charge in [0, 0.05) is 0 Å². The van der Waals surface area contributed by atoms with E-state index in [2.05, 4.69) is 0 Å². The molecule has 0 amide bonds. The first kappa shape index (κ1) is 15.3. The normalized spacial score (nSPS) is 11.7. The number of nitrogens with zero attached hydrogens (tertiary/aromatic N) is 1. The maximum atomic E-state index is 13.2. The molecule has 112 valence electrons. The van der Waals surface area contributed by atoms with E-state index in [1.165, 1.54) is 12.1 Å². The summed E-state index contributed by atoms with van der Waals surface area (Å²) in [5, 5.41) is -0.450. The van der Waals surface area contributed by atoms with Crippen molar-refractivity contribution in [2.45, 2.75) is 12.7 Å². The summed E-state index contributed by atoms with van der Waals surface area (Å²) in [6, 6.07) is 4.58. The molecule has 0 spiro atoms. The average Bonchev–Trinajstić information content (AvgIpc) is 2.33. The molecule has 0 radical (unpaired) electrons. The molecule has 0 saturated heterocycles. The van der Waals surface area contributed by atoms with Gasteiger partial charge in [-0.3, -0.25) is 14.3 Å². The zero-order valence-corrected chi connectivity index (χ0v) is 10.9. The topological polar surface area (TPSA) is 54.9 Å². The molecule has 1 N–H and O–H groups in total. The van der Waals surface area contributed by atoms with Gasteiger partial charge in [-0.2, -0.15) is 13.2 Å². The lowest BCUT2D eigenvalue weighted by atomic mass is 10.1. The molecule has 1 aromatic heterocycles. The van der Waals surface area contributed by atoms with Crippen LogP contribution in [0.15, 0.2) is 33.9 Å².